The molecular weight excluding hydrogens is 256 g/mol. The van der Waals surface area contributed by atoms with Crippen molar-refractivity contribution in [1.29, 1.82) is 0 Å². The topological polar surface area (TPSA) is 58.6 Å². The smallest absolute Gasteiger partial charge is 0.248 e. The number of carbonyl (C=O) groups is 2. The normalized spacial score (nSPS) is 28.8. The lowest BCUT2D eigenvalue weighted by atomic mass is 9.88. The Bertz CT molecular complexity index is 370. The molecule has 116 valence electrons. The van der Waals surface area contributed by atoms with Gasteiger partial charge in [0.05, 0.1) is 6.61 Å². The van der Waals surface area contributed by atoms with E-state index in [2.05, 4.69) is 5.32 Å². The van der Waals surface area contributed by atoms with E-state index >= 15 is 0 Å². The molecule has 1 fully saturated rings. The molecule has 1 N–H and O–H groups in total. The molecule has 0 aromatic heterocycles. The predicted molar refractivity (Wildman–Crippen MR) is 78.2 cm³/mol. The summed E-state index contributed by atoms with van der Waals surface area (Å²) in [5.74, 6) is 0.266. The van der Waals surface area contributed by atoms with Crippen LogP contribution in [0.2, 0.25) is 0 Å². The van der Waals surface area contributed by atoms with E-state index in [1.165, 1.54) is 0 Å². The van der Waals surface area contributed by atoms with E-state index in [0.717, 1.165) is 0 Å². The molecule has 1 heterocycles. The highest BCUT2D eigenvalue weighted by atomic mass is 16.5. The fourth-order valence-electron chi connectivity index (χ4n) is 2.76. The number of ether oxygens (including phenoxy) is 1. The number of amides is 2. The molecule has 3 atom stereocenters. The van der Waals surface area contributed by atoms with Crippen LogP contribution in [0.1, 0.15) is 41.0 Å². The van der Waals surface area contributed by atoms with Gasteiger partial charge < -0.3 is 15.0 Å². The van der Waals surface area contributed by atoms with Crippen molar-refractivity contribution in [3.05, 3.63) is 0 Å². The van der Waals surface area contributed by atoms with Crippen LogP contribution in [-0.2, 0) is 14.3 Å². The van der Waals surface area contributed by atoms with Crippen LogP contribution in [0.5, 0.6) is 0 Å². The summed E-state index contributed by atoms with van der Waals surface area (Å²) in [5, 5.41) is 2.90. The van der Waals surface area contributed by atoms with E-state index in [1.807, 2.05) is 27.7 Å². The molecule has 1 aliphatic rings. The molecule has 0 aromatic rings. The highest BCUT2D eigenvalue weighted by Crippen LogP contribution is 2.26. The maximum atomic E-state index is 12.7. The lowest BCUT2D eigenvalue weighted by Gasteiger charge is -2.46. The molecule has 2 amide bonds. The fraction of sp³-hybridized carbons (Fsp3) is 0.867. The first-order valence-electron chi connectivity index (χ1n) is 7.38. The SMILES string of the molecule is CCC1(C)NC(=O)C(C(C)C)N(CC(C)COC)C1=O. The lowest BCUT2D eigenvalue weighted by Crippen LogP contribution is -2.70. The molecule has 0 saturated carbocycles. The van der Waals surface area contributed by atoms with E-state index in [-0.39, 0.29) is 29.7 Å². The molecule has 0 aliphatic carbocycles. The zero-order valence-corrected chi connectivity index (χ0v) is 13.5. The number of nitrogens with one attached hydrogen (secondary N) is 1. The molecule has 0 bridgehead atoms. The van der Waals surface area contributed by atoms with Crippen molar-refractivity contribution < 1.29 is 14.3 Å². The summed E-state index contributed by atoms with van der Waals surface area (Å²) in [5.41, 5.74) is -0.782. The van der Waals surface area contributed by atoms with E-state index in [1.54, 1.807) is 18.9 Å². The molecule has 5 heteroatoms. The molecule has 1 rings (SSSR count). The van der Waals surface area contributed by atoms with Gasteiger partial charge in [0.25, 0.3) is 0 Å². The maximum absolute atomic E-state index is 12.7. The number of nitrogens with zero attached hydrogens (tertiary/aromatic N) is 1. The lowest BCUT2D eigenvalue weighted by molar-refractivity contribution is -0.157. The molecule has 3 unspecified atom stereocenters. The standard InChI is InChI=1S/C15H28N2O3/c1-7-15(5)14(19)17(8-11(4)9-20-6)12(10(2)3)13(18)16-15/h10-12H,7-9H2,1-6H3,(H,16,18). The summed E-state index contributed by atoms with van der Waals surface area (Å²) >= 11 is 0. The van der Waals surface area contributed by atoms with E-state index in [0.29, 0.717) is 19.6 Å². The molecule has 0 aromatic carbocycles. The molecule has 1 saturated heterocycles. The van der Waals surface area contributed by atoms with E-state index in [4.69, 9.17) is 4.74 Å². The van der Waals surface area contributed by atoms with Gasteiger partial charge in [-0.15, -0.1) is 0 Å². The second kappa shape index (κ2) is 6.57. The van der Waals surface area contributed by atoms with Crippen molar-refractivity contribution >= 4 is 11.8 Å². The van der Waals surface area contributed by atoms with Crippen LogP contribution >= 0.6 is 0 Å². The summed E-state index contributed by atoms with van der Waals surface area (Å²) in [6.07, 6.45) is 0.595. The van der Waals surface area contributed by atoms with Gasteiger partial charge in [0.1, 0.15) is 11.6 Å². The fourth-order valence-corrected chi connectivity index (χ4v) is 2.76. The van der Waals surface area contributed by atoms with Gasteiger partial charge in [0.15, 0.2) is 0 Å². The van der Waals surface area contributed by atoms with Gasteiger partial charge >= 0.3 is 0 Å². The number of hydrogen-bond donors (Lipinski definition) is 1. The number of rotatable bonds is 6. The monoisotopic (exact) mass is 284 g/mol. The average Bonchev–Trinajstić information content (AvgIpc) is 2.35. The van der Waals surface area contributed by atoms with Crippen molar-refractivity contribution in [3.8, 4) is 0 Å². The third-order valence-corrected chi connectivity index (χ3v) is 4.03. The highest BCUT2D eigenvalue weighted by Gasteiger charge is 2.48. The molecule has 5 nitrogen and oxygen atoms in total. The Labute approximate surface area is 122 Å². The minimum Gasteiger partial charge on any atom is -0.384 e. The van der Waals surface area contributed by atoms with Crippen LogP contribution in [-0.4, -0.2) is 48.6 Å². The molecular formula is C15H28N2O3. The molecule has 1 aliphatic heterocycles. The molecule has 20 heavy (non-hydrogen) atoms. The second-order valence-electron chi connectivity index (χ2n) is 6.38. The summed E-state index contributed by atoms with van der Waals surface area (Å²) in [6.45, 7) is 10.8. The Morgan fingerprint density at radius 2 is 1.95 bits per heavy atom. The second-order valence-corrected chi connectivity index (χ2v) is 6.38. The van der Waals surface area contributed by atoms with Gasteiger partial charge in [-0.3, -0.25) is 9.59 Å². The Morgan fingerprint density at radius 3 is 2.40 bits per heavy atom. The van der Waals surface area contributed by atoms with Gasteiger partial charge in [0, 0.05) is 13.7 Å². The van der Waals surface area contributed by atoms with Crippen LogP contribution in [0.4, 0.5) is 0 Å². The maximum Gasteiger partial charge on any atom is 0.248 e. The first kappa shape index (κ1) is 17.0. The van der Waals surface area contributed by atoms with E-state index < -0.39 is 5.54 Å². The van der Waals surface area contributed by atoms with Gasteiger partial charge in [-0.25, -0.2) is 0 Å². The summed E-state index contributed by atoms with van der Waals surface area (Å²) < 4.78 is 5.14. The molecule has 0 radical (unpaired) electrons. The summed E-state index contributed by atoms with van der Waals surface area (Å²) in [4.78, 5) is 26.9. The Balaban J connectivity index is 3.02. The zero-order valence-electron chi connectivity index (χ0n) is 13.5. The van der Waals surface area contributed by atoms with Gasteiger partial charge in [-0.2, -0.15) is 0 Å². The Morgan fingerprint density at radius 1 is 1.35 bits per heavy atom. The minimum atomic E-state index is -0.782. The van der Waals surface area contributed by atoms with E-state index in [9.17, 15) is 9.59 Å². The summed E-state index contributed by atoms with van der Waals surface area (Å²) in [6, 6.07) is -0.388. The largest absolute Gasteiger partial charge is 0.384 e. The minimum absolute atomic E-state index is 0.0150. The number of hydrogen-bond acceptors (Lipinski definition) is 3. The highest BCUT2D eigenvalue weighted by molar-refractivity contribution is 5.99. The van der Waals surface area contributed by atoms with Crippen LogP contribution < -0.4 is 5.32 Å². The van der Waals surface area contributed by atoms with Crippen molar-refractivity contribution in [2.75, 3.05) is 20.3 Å². The van der Waals surface area contributed by atoms with Gasteiger partial charge in [-0.1, -0.05) is 27.7 Å². The average molecular weight is 284 g/mol. The zero-order chi connectivity index (χ0) is 15.5. The third-order valence-electron chi connectivity index (χ3n) is 4.03. The Kier molecular flexibility index (Phi) is 5.57. The van der Waals surface area contributed by atoms with Crippen molar-refractivity contribution in [2.45, 2.75) is 52.6 Å². The van der Waals surface area contributed by atoms with Crippen molar-refractivity contribution in [3.63, 3.8) is 0 Å². The van der Waals surface area contributed by atoms with Crippen molar-refractivity contribution in [2.24, 2.45) is 11.8 Å². The van der Waals surface area contributed by atoms with Gasteiger partial charge in [0.2, 0.25) is 11.8 Å². The van der Waals surface area contributed by atoms with Crippen LogP contribution in [0, 0.1) is 11.8 Å². The predicted octanol–water partition coefficient (Wildman–Crippen LogP) is 1.42. The van der Waals surface area contributed by atoms with Crippen molar-refractivity contribution in [1.82, 2.24) is 10.2 Å². The summed E-state index contributed by atoms with van der Waals surface area (Å²) in [7, 11) is 1.65. The quantitative estimate of drug-likeness (QED) is 0.802. The Hall–Kier alpha value is -1.10. The third kappa shape index (κ3) is 3.32. The number of carbonyl (C=O) groups excluding carboxylic acids is 2. The van der Waals surface area contributed by atoms with Crippen LogP contribution in [0.3, 0.4) is 0 Å². The molecule has 0 spiro atoms. The first-order chi connectivity index (χ1) is 9.26. The van der Waals surface area contributed by atoms with Crippen LogP contribution in [0.15, 0.2) is 0 Å². The number of methoxy groups -OCH3 is 1. The number of piperazine rings is 1. The van der Waals surface area contributed by atoms with Crippen LogP contribution in [0.25, 0.3) is 0 Å². The van der Waals surface area contributed by atoms with Gasteiger partial charge in [-0.05, 0) is 25.2 Å². The first-order valence-corrected chi connectivity index (χ1v) is 7.38.